The Hall–Kier alpha value is -1.43. The van der Waals surface area contributed by atoms with Crippen molar-refractivity contribution in [3.8, 4) is 10.6 Å². The molecule has 0 aliphatic rings. The summed E-state index contributed by atoms with van der Waals surface area (Å²) in [5.74, 6) is 0.291. The molecular weight excluding hydrogens is 308 g/mol. The summed E-state index contributed by atoms with van der Waals surface area (Å²) in [5.41, 5.74) is 2.39. The maximum absolute atomic E-state index is 12.0. The number of carbonyl (C=O) groups excluding carboxylic acids is 1. The van der Waals surface area contributed by atoms with E-state index in [9.17, 15) is 4.79 Å². The van der Waals surface area contributed by atoms with Crippen LogP contribution in [0.1, 0.15) is 23.0 Å². The second-order valence-corrected chi connectivity index (χ2v) is 5.44. The van der Waals surface area contributed by atoms with Crippen LogP contribution in [0.25, 0.3) is 10.6 Å². The van der Waals surface area contributed by atoms with E-state index in [1.165, 1.54) is 11.3 Å². The third kappa shape index (κ3) is 4.52. The molecule has 2 aromatic rings. The number of ether oxygens (including phenoxy) is 1. The van der Waals surface area contributed by atoms with Crippen molar-refractivity contribution >= 4 is 28.8 Å². The van der Waals surface area contributed by atoms with Crippen LogP contribution in [-0.2, 0) is 10.6 Å². The SMILES string of the molecule is CCOCCNC(=O)c1cccc(-c2nc(CCl)cs2)c1. The second kappa shape index (κ2) is 8.12. The topological polar surface area (TPSA) is 51.2 Å². The van der Waals surface area contributed by atoms with Gasteiger partial charge in [-0.25, -0.2) is 4.98 Å². The van der Waals surface area contributed by atoms with E-state index in [2.05, 4.69) is 10.3 Å². The number of nitrogens with one attached hydrogen (secondary N) is 1. The fraction of sp³-hybridized carbons (Fsp3) is 0.333. The van der Waals surface area contributed by atoms with Gasteiger partial charge in [0.2, 0.25) is 0 Å². The van der Waals surface area contributed by atoms with Crippen LogP contribution in [0, 0.1) is 0 Å². The van der Waals surface area contributed by atoms with Crippen LogP contribution < -0.4 is 5.32 Å². The highest BCUT2D eigenvalue weighted by molar-refractivity contribution is 7.13. The van der Waals surface area contributed by atoms with E-state index < -0.39 is 0 Å². The van der Waals surface area contributed by atoms with Gasteiger partial charge in [-0.15, -0.1) is 22.9 Å². The van der Waals surface area contributed by atoms with E-state index in [0.29, 0.717) is 31.2 Å². The van der Waals surface area contributed by atoms with E-state index in [1.54, 1.807) is 6.07 Å². The fourth-order valence-electron chi connectivity index (χ4n) is 1.78. The van der Waals surface area contributed by atoms with Crippen LogP contribution >= 0.6 is 22.9 Å². The lowest BCUT2D eigenvalue weighted by Crippen LogP contribution is -2.27. The zero-order chi connectivity index (χ0) is 15.1. The van der Waals surface area contributed by atoms with Crippen LogP contribution in [0.2, 0.25) is 0 Å². The highest BCUT2D eigenvalue weighted by Crippen LogP contribution is 2.25. The van der Waals surface area contributed by atoms with Gasteiger partial charge in [0, 0.05) is 29.7 Å². The van der Waals surface area contributed by atoms with Crippen LogP contribution in [-0.4, -0.2) is 30.6 Å². The summed E-state index contributed by atoms with van der Waals surface area (Å²) in [6, 6.07) is 7.42. The van der Waals surface area contributed by atoms with Crippen LogP contribution in [0.15, 0.2) is 29.6 Å². The summed E-state index contributed by atoms with van der Waals surface area (Å²) in [6.45, 7) is 3.60. The Labute approximate surface area is 133 Å². The number of hydrogen-bond donors (Lipinski definition) is 1. The van der Waals surface area contributed by atoms with Gasteiger partial charge < -0.3 is 10.1 Å². The van der Waals surface area contributed by atoms with E-state index in [1.807, 2.05) is 30.5 Å². The van der Waals surface area contributed by atoms with E-state index in [0.717, 1.165) is 16.3 Å². The first kappa shape index (κ1) is 15.9. The van der Waals surface area contributed by atoms with Crippen LogP contribution in [0.4, 0.5) is 0 Å². The molecule has 0 spiro atoms. The number of benzene rings is 1. The molecule has 0 saturated heterocycles. The average molecular weight is 325 g/mol. The molecule has 0 unspecified atom stereocenters. The van der Waals surface area contributed by atoms with E-state index >= 15 is 0 Å². The maximum Gasteiger partial charge on any atom is 0.251 e. The molecule has 2 rings (SSSR count). The van der Waals surface area contributed by atoms with Gasteiger partial charge in [-0.2, -0.15) is 0 Å². The third-order valence-electron chi connectivity index (χ3n) is 2.80. The predicted octanol–water partition coefficient (Wildman–Crippen LogP) is 3.32. The number of thiazole rings is 1. The standard InChI is InChI=1S/C15H17ClN2O2S/c1-2-20-7-6-17-14(19)11-4-3-5-12(8-11)15-18-13(9-16)10-21-15/h3-5,8,10H,2,6-7,9H2,1H3,(H,17,19). The minimum atomic E-state index is -0.106. The predicted molar refractivity (Wildman–Crippen MR) is 85.9 cm³/mol. The van der Waals surface area contributed by atoms with E-state index in [-0.39, 0.29) is 5.91 Å². The zero-order valence-corrected chi connectivity index (χ0v) is 13.3. The largest absolute Gasteiger partial charge is 0.380 e. The van der Waals surface area contributed by atoms with Crippen molar-refractivity contribution in [2.75, 3.05) is 19.8 Å². The lowest BCUT2D eigenvalue weighted by atomic mass is 10.1. The molecule has 0 bridgehead atoms. The molecule has 0 radical (unpaired) electrons. The van der Waals surface area contributed by atoms with Gasteiger partial charge in [0.05, 0.1) is 18.2 Å². The van der Waals surface area contributed by atoms with Crippen molar-refractivity contribution in [1.29, 1.82) is 0 Å². The Morgan fingerprint density at radius 3 is 3.05 bits per heavy atom. The first-order valence-corrected chi connectivity index (χ1v) is 8.12. The first-order valence-electron chi connectivity index (χ1n) is 6.71. The number of aromatic nitrogens is 1. The van der Waals surface area contributed by atoms with Gasteiger partial charge in [-0.1, -0.05) is 12.1 Å². The number of carbonyl (C=O) groups is 1. The summed E-state index contributed by atoms with van der Waals surface area (Å²) in [6.07, 6.45) is 0. The van der Waals surface area contributed by atoms with E-state index in [4.69, 9.17) is 16.3 Å². The van der Waals surface area contributed by atoms with Gasteiger partial charge >= 0.3 is 0 Å². The van der Waals surface area contributed by atoms with Gasteiger partial charge in [0.15, 0.2) is 0 Å². The number of rotatable bonds is 7. The Morgan fingerprint density at radius 1 is 1.48 bits per heavy atom. The highest BCUT2D eigenvalue weighted by atomic mass is 35.5. The molecular formula is C15H17ClN2O2S. The molecule has 1 aromatic carbocycles. The molecule has 1 aromatic heterocycles. The Bertz CT molecular complexity index is 601. The summed E-state index contributed by atoms with van der Waals surface area (Å²) in [5, 5.41) is 5.62. The lowest BCUT2D eigenvalue weighted by molar-refractivity contribution is 0.0922. The molecule has 112 valence electrons. The monoisotopic (exact) mass is 324 g/mol. The van der Waals surface area contributed by atoms with Crippen molar-refractivity contribution < 1.29 is 9.53 Å². The zero-order valence-electron chi connectivity index (χ0n) is 11.8. The molecule has 6 heteroatoms. The normalized spacial score (nSPS) is 10.6. The van der Waals surface area contributed by atoms with Crippen LogP contribution in [0.3, 0.4) is 0 Å². The maximum atomic E-state index is 12.0. The van der Waals surface area contributed by atoms with Crippen molar-refractivity contribution in [2.45, 2.75) is 12.8 Å². The first-order chi connectivity index (χ1) is 10.2. The van der Waals surface area contributed by atoms with Crippen LogP contribution in [0.5, 0.6) is 0 Å². The summed E-state index contributed by atoms with van der Waals surface area (Å²) >= 11 is 7.29. The number of halogens is 1. The second-order valence-electron chi connectivity index (χ2n) is 4.31. The van der Waals surface area contributed by atoms with Gasteiger partial charge in [0.25, 0.3) is 5.91 Å². The number of alkyl halides is 1. The smallest absolute Gasteiger partial charge is 0.251 e. The Morgan fingerprint density at radius 2 is 2.33 bits per heavy atom. The molecule has 0 fully saturated rings. The quantitative estimate of drug-likeness (QED) is 0.628. The molecule has 1 N–H and O–H groups in total. The lowest BCUT2D eigenvalue weighted by Gasteiger charge is -2.06. The Kier molecular flexibility index (Phi) is 6.17. The van der Waals surface area contributed by atoms with Gasteiger partial charge in [-0.3, -0.25) is 4.79 Å². The fourth-order valence-corrected chi connectivity index (χ4v) is 2.82. The summed E-state index contributed by atoms with van der Waals surface area (Å²) in [4.78, 5) is 16.5. The highest BCUT2D eigenvalue weighted by Gasteiger charge is 2.09. The van der Waals surface area contributed by atoms with Gasteiger partial charge in [-0.05, 0) is 19.1 Å². The summed E-state index contributed by atoms with van der Waals surface area (Å²) < 4.78 is 5.19. The van der Waals surface area contributed by atoms with Crippen molar-refractivity contribution in [3.63, 3.8) is 0 Å². The molecule has 0 aliphatic heterocycles. The van der Waals surface area contributed by atoms with Gasteiger partial charge in [0.1, 0.15) is 5.01 Å². The molecule has 4 nitrogen and oxygen atoms in total. The molecule has 0 atom stereocenters. The van der Waals surface area contributed by atoms with Crippen molar-refractivity contribution in [3.05, 3.63) is 40.9 Å². The number of hydrogen-bond acceptors (Lipinski definition) is 4. The minimum Gasteiger partial charge on any atom is -0.380 e. The molecule has 0 aliphatic carbocycles. The molecule has 0 saturated carbocycles. The Balaban J connectivity index is 2.05. The van der Waals surface area contributed by atoms with Crippen molar-refractivity contribution in [2.24, 2.45) is 0 Å². The molecule has 1 amide bonds. The third-order valence-corrected chi connectivity index (χ3v) is 4.01. The molecule has 21 heavy (non-hydrogen) atoms. The number of nitrogens with zero attached hydrogens (tertiary/aromatic N) is 1. The summed E-state index contributed by atoms with van der Waals surface area (Å²) in [7, 11) is 0. The average Bonchev–Trinajstić information content (AvgIpc) is 3.00. The molecule has 1 heterocycles. The number of amides is 1. The van der Waals surface area contributed by atoms with Crippen molar-refractivity contribution in [1.82, 2.24) is 10.3 Å². The minimum absolute atomic E-state index is 0.106.